The van der Waals surface area contributed by atoms with Crippen molar-refractivity contribution in [2.45, 2.75) is 42.5 Å². The van der Waals surface area contributed by atoms with Gasteiger partial charge in [-0.15, -0.1) is 0 Å². The van der Waals surface area contributed by atoms with E-state index in [4.69, 9.17) is 0 Å². The van der Waals surface area contributed by atoms with E-state index in [-0.39, 0.29) is 12.3 Å². The summed E-state index contributed by atoms with van der Waals surface area (Å²) in [7, 11) is -1.58. The number of hydrogen-bond donors (Lipinski definition) is 2. The molecule has 128 valence electrons. The summed E-state index contributed by atoms with van der Waals surface area (Å²) in [6.45, 7) is 3.13. The van der Waals surface area contributed by atoms with Gasteiger partial charge in [0.15, 0.2) is 0 Å². The molecule has 0 saturated carbocycles. The van der Waals surface area contributed by atoms with Crippen LogP contribution in [0.2, 0.25) is 0 Å². The summed E-state index contributed by atoms with van der Waals surface area (Å²) in [5.74, 6) is -2.03. The van der Waals surface area contributed by atoms with Crippen molar-refractivity contribution in [3.8, 4) is 0 Å². The normalized spacial score (nSPS) is 30.4. The van der Waals surface area contributed by atoms with Crippen LogP contribution in [0.5, 0.6) is 0 Å². The number of β-lactam (4-membered cyclic amide) rings is 1. The summed E-state index contributed by atoms with van der Waals surface area (Å²) in [5.41, 5.74) is 0.801. The van der Waals surface area contributed by atoms with Crippen molar-refractivity contribution in [1.29, 1.82) is 0 Å². The molecule has 2 saturated heterocycles. The van der Waals surface area contributed by atoms with Crippen LogP contribution in [0.3, 0.4) is 0 Å². The molecule has 0 bridgehead atoms. The minimum atomic E-state index is -1.58. The van der Waals surface area contributed by atoms with Gasteiger partial charge in [-0.25, -0.2) is 4.79 Å². The van der Waals surface area contributed by atoms with Crippen LogP contribution in [-0.4, -0.2) is 54.2 Å². The van der Waals surface area contributed by atoms with E-state index in [0.29, 0.717) is 0 Å². The molecule has 2 amide bonds. The van der Waals surface area contributed by atoms with Crippen molar-refractivity contribution in [2.24, 2.45) is 0 Å². The van der Waals surface area contributed by atoms with E-state index in [9.17, 15) is 23.7 Å². The summed E-state index contributed by atoms with van der Waals surface area (Å²) < 4.78 is 11.5. The van der Waals surface area contributed by atoms with Crippen LogP contribution in [0.15, 0.2) is 30.3 Å². The Balaban J connectivity index is 1.74. The first-order valence-electron chi connectivity index (χ1n) is 7.54. The third-order valence-corrected chi connectivity index (χ3v) is 6.71. The number of nitrogens with zero attached hydrogens (tertiary/aromatic N) is 1. The number of hydrogen-bond acceptors (Lipinski definition) is 4. The van der Waals surface area contributed by atoms with Gasteiger partial charge in [0.1, 0.15) is 17.5 Å². The van der Waals surface area contributed by atoms with Crippen molar-refractivity contribution < 1.29 is 23.7 Å². The fourth-order valence-electron chi connectivity index (χ4n) is 3.30. The number of benzene rings is 1. The number of nitrogens with one attached hydrogen (secondary N) is 1. The number of amides is 2. The van der Waals surface area contributed by atoms with E-state index < -0.39 is 44.9 Å². The first-order chi connectivity index (χ1) is 11.2. The van der Waals surface area contributed by atoms with Crippen molar-refractivity contribution in [3.05, 3.63) is 35.9 Å². The molecule has 8 heteroatoms. The monoisotopic (exact) mass is 350 g/mol. The lowest BCUT2D eigenvalue weighted by Gasteiger charge is -2.43. The van der Waals surface area contributed by atoms with E-state index >= 15 is 0 Å². The lowest BCUT2D eigenvalue weighted by molar-refractivity contribution is -0.161. The number of carbonyl (C=O) groups excluding carboxylic acids is 2. The van der Waals surface area contributed by atoms with Crippen LogP contribution < -0.4 is 5.32 Å². The zero-order valence-electron chi connectivity index (χ0n) is 13.3. The summed E-state index contributed by atoms with van der Waals surface area (Å²) in [5, 5.41) is 11.2. The second-order valence-corrected chi connectivity index (χ2v) is 8.62. The zero-order valence-corrected chi connectivity index (χ0v) is 14.1. The fraction of sp³-hybridized carbons (Fsp3) is 0.438. The summed E-state index contributed by atoms with van der Waals surface area (Å²) in [6.07, 6.45) is 0.107. The molecular weight excluding hydrogens is 332 g/mol. The van der Waals surface area contributed by atoms with Gasteiger partial charge in [0.25, 0.3) is 0 Å². The molecule has 2 fully saturated rings. The van der Waals surface area contributed by atoms with Crippen LogP contribution >= 0.6 is 0 Å². The third kappa shape index (κ3) is 2.41. The van der Waals surface area contributed by atoms with E-state index in [1.54, 1.807) is 26.0 Å². The van der Waals surface area contributed by atoms with E-state index in [2.05, 4.69) is 5.32 Å². The number of fused-ring (bicyclic) bond motifs is 1. The topological polar surface area (TPSA) is 104 Å². The Kier molecular flexibility index (Phi) is 3.95. The Morgan fingerprint density at radius 2 is 1.92 bits per heavy atom. The van der Waals surface area contributed by atoms with Gasteiger partial charge < -0.3 is 15.3 Å². The SMILES string of the molecule is CC1(C)C(C(=O)O)N2C(=O)[C@@H](NC(=O)Cc3ccccc3)[C@H]2[S@]1=O. The standard InChI is InChI=1S/C16H18N2O5S/c1-16(2)12(15(21)22)18-13(20)11(14(18)24(16)23)17-10(19)8-9-6-4-3-5-7-9/h3-7,11-12,14H,8H2,1-2H3,(H,17,19)(H,21,22)/t11-,12?,14-,24-/m1/s1. The van der Waals surface area contributed by atoms with Gasteiger partial charge in [0, 0.05) is 0 Å². The largest absolute Gasteiger partial charge is 0.480 e. The number of carboxylic acids is 1. The minimum absolute atomic E-state index is 0.107. The first-order valence-corrected chi connectivity index (χ1v) is 8.75. The Morgan fingerprint density at radius 3 is 2.50 bits per heavy atom. The van der Waals surface area contributed by atoms with Crippen LogP contribution in [-0.2, 0) is 31.6 Å². The zero-order chi connectivity index (χ0) is 17.6. The maximum atomic E-state index is 12.6. The van der Waals surface area contributed by atoms with Gasteiger partial charge in [-0.05, 0) is 19.4 Å². The molecule has 3 rings (SSSR count). The molecule has 1 aromatic rings. The van der Waals surface area contributed by atoms with Gasteiger partial charge in [0.2, 0.25) is 11.8 Å². The van der Waals surface area contributed by atoms with Crippen molar-refractivity contribution in [2.75, 3.05) is 0 Å². The molecule has 7 nitrogen and oxygen atoms in total. The Labute approximate surface area is 141 Å². The summed E-state index contributed by atoms with van der Waals surface area (Å²) >= 11 is 0. The maximum absolute atomic E-state index is 12.6. The highest BCUT2D eigenvalue weighted by Crippen LogP contribution is 2.43. The molecule has 24 heavy (non-hydrogen) atoms. The highest BCUT2D eigenvalue weighted by atomic mass is 32.2. The molecule has 1 aromatic carbocycles. The maximum Gasteiger partial charge on any atom is 0.328 e. The molecular formula is C16H18N2O5S. The van der Waals surface area contributed by atoms with Gasteiger partial charge in [-0.3, -0.25) is 13.8 Å². The van der Waals surface area contributed by atoms with Crippen molar-refractivity contribution >= 4 is 28.6 Å². The molecule has 2 aliphatic heterocycles. The molecule has 4 atom stereocenters. The number of rotatable bonds is 4. The molecule has 2 heterocycles. The highest BCUT2D eigenvalue weighted by Gasteiger charge is 2.68. The molecule has 0 aliphatic carbocycles. The smallest absolute Gasteiger partial charge is 0.328 e. The third-order valence-electron chi connectivity index (χ3n) is 4.51. The average Bonchev–Trinajstić information content (AvgIpc) is 2.71. The van der Waals surface area contributed by atoms with E-state index in [0.717, 1.165) is 10.5 Å². The second-order valence-electron chi connectivity index (χ2n) is 6.49. The Morgan fingerprint density at radius 1 is 1.29 bits per heavy atom. The Bertz CT molecular complexity index is 733. The van der Waals surface area contributed by atoms with E-state index in [1.807, 2.05) is 18.2 Å². The van der Waals surface area contributed by atoms with Gasteiger partial charge in [0.05, 0.1) is 22.0 Å². The average molecular weight is 350 g/mol. The molecule has 0 aromatic heterocycles. The second kappa shape index (κ2) is 5.70. The number of carbonyl (C=O) groups is 3. The lowest BCUT2D eigenvalue weighted by Crippen LogP contribution is -2.71. The number of aliphatic carboxylic acids is 1. The van der Waals surface area contributed by atoms with Crippen molar-refractivity contribution in [1.82, 2.24) is 10.2 Å². The predicted molar refractivity (Wildman–Crippen MR) is 86.4 cm³/mol. The van der Waals surface area contributed by atoms with Crippen molar-refractivity contribution in [3.63, 3.8) is 0 Å². The first kappa shape index (κ1) is 16.6. The lowest BCUT2D eigenvalue weighted by atomic mass is 9.96. The van der Waals surface area contributed by atoms with Crippen LogP contribution in [0, 0.1) is 0 Å². The molecule has 2 aliphatic rings. The van der Waals surface area contributed by atoms with Gasteiger partial charge in [-0.1, -0.05) is 30.3 Å². The van der Waals surface area contributed by atoms with Crippen LogP contribution in [0.4, 0.5) is 0 Å². The molecule has 0 radical (unpaired) electrons. The summed E-state index contributed by atoms with van der Waals surface area (Å²) in [4.78, 5) is 37.0. The van der Waals surface area contributed by atoms with Crippen LogP contribution in [0.25, 0.3) is 0 Å². The fourth-order valence-corrected chi connectivity index (χ4v) is 5.22. The van der Waals surface area contributed by atoms with Gasteiger partial charge in [-0.2, -0.15) is 0 Å². The summed E-state index contributed by atoms with van der Waals surface area (Å²) in [6, 6.07) is 6.99. The molecule has 2 N–H and O–H groups in total. The molecule has 1 unspecified atom stereocenters. The number of carboxylic acid groups (broad SMARTS) is 1. The van der Waals surface area contributed by atoms with Gasteiger partial charge >= 0.3 is 5.97 Å². The minimum Gasteiger partial charge on any atom is -0.480 e. The Hall–Kier alpha value is -2.22. The molecule has 0 spiro atoms. The van der Waals surface area contributed by atoms with E-state index in [1.165, 1.54) is 0 Å². The highest BCUT2D eigenvalue weighted by molar-refractivity contribution is 7.87. The quantitative estimate of drug-likeness (QED) is 0.737. The van der Waals surface area contributed by atoms with Crippen LogP contribution in [0.1, 0.15) is 19.4 Å². The predicted octanol–water partition coefficient (Wildman–Crippen LogP) is -0.124.